The summed E-state index contributed by atoms with van der Waals surface area (Å²) in [6.07, 6.45) is 0.696. The smallest absolute Gasteiger partial charge is 0.299 e. The summed E-state index contributed by atoms with van der Waals surface area (Å²) in [5.74, 6) is 0.311. The molecule has 0 fully saturated rings. The lowest BCUT2D eigenvalue weighted by Gasteiger charge is -2.18. The Labute approximate surface area is 157 Å². The predicted molar refractivity (Wildman–Crippen MR) is 107 cm³/mol. The molecule has 138 valence electrons. The molecule has 0 radical (unpaired) electrons. The molecule has 0 heterocycles. The SMILES string of the molecule is COc1c(N)c(Cc2ccccc2)c(N)c([N+](=O)[O-])c1Cc1ccccc1. The molecule has 6 nitrogen and oxygen atoms in total. The van der Waals surface area contributed by atoms with Crippen LogP contribution in [0.4, 0.5) is 17.1 Å². The molecule has 3 rings (SSSR count). The summed E-state index contributed by atoms with van der Waals surface area (Å²) in [7, 11) is 1.46. The van der Waals surface area contributed by atoms with Crippen LogP contribution in [0.2, 0.25) is 0 Å². The monoisotopic (exact) mass is 363 g/mol. The topological polar surface area (TPSA) is 104 Å². The highest BCUT2D eigenvalue weighted by Gasteiger charge is 2.29. The predicted octanol–water partition coefficient (Wildman–Crippen LogP) is 3.95. The van der Waals surface area contributed by atoms with E-state index in [2.05, 4.69) is 0 Å². The van der Waals surface area contributed by atoms with E-state index >= 15 is 0 Å². The molecule has 3 aromatic carbocycles. The number of nitro benzene ring substituents is 1. The van der Waals surface area contributed by atoms with Gasteiger partial charge >= 0.3 is 0 Å². The van der Waals surface area contributed by atoms with Gasteiger partial charge in [0.05, 0.1) is 23.3 Å². The first kappa shape index (κ1) is 18.3. The third-order valence-corrected chi connectivity index (χ3v) is 4.54. The third kappa shape index (κ3) is 3.69. The van der Waals surface area contributed by atoms with Crippen LogP contribution in [0.15, 0.2) is 60.7 Å². The summed E-state index contributed by atoms with van der Waals surface area (Å²) in [5.41, 5.74) is 15.6. The van der Waals surface area contributed by atoms with Crippen molar-refractivity contribution in [3.8, 4) is 5.75 Å². The Hall–Kier alpha value is -3.54. The van der Waals surface area contributed by atoms with Crippen molar-refractivity contribution in [3.05, 3.63) is 93.0 Å². The van der Waals surface area contributed by atoms with Crippen LogP contribution in [-0.2, 0) is 12.8 Å². The highest BCUT2D eigenvalue weighted by molar-refractivity contribution is 5.82. The van der Waals surface area contributed by atoms with Gasteiger partial charge in [0.15, 0.2) is 5.75 Å². The van der Waals surface area contributed by atoms with Gasteiger partial charge in [0.1, 0.15) is 5.69 Å². The molecule has 0 saturated heterocycles. The van der Waals surface area contributed by atoms with E-state index in [0.717, 1.165) is 11.1 Å². The van der Waals surface area contributed by atoms with E-state index in [0.29, 0.717) is 35.4 Å². The van der Waals surface area contributed by atoms with E-state index in [1.54, 1.807) is 0 Å². The molecular weight excluding hydrogens is 342 g/mol. The number of benzene rings is 3. The zero-order chi connectivity index (χ0) is 19.4. The third-order valence-electron chi connectivity index (χ3n) is 4.54. The first-order chi connectivity index (χ1) is 13.0. The molecule has 0 saturated carbocycles. The van der Waals surface area contributed by atoms with Gasteiger partial charge < -0.3 is 16.2 Å². The number of nitrogens with zero attached hydrogens (tertiary/aromatic N) is 1. The molecule has 3 aromatic rings. The van der Waals surface area contributed by atoms with Crippen LogP contribution in [0.5, 0.6) is 5.75 Å². The number of nitrogens with two attached hydrogens (primary N) is 2. The van der Waals surface area contributed by atoms with Crippen LogP contribution >= 0.6 is 0 Å². The zero-order valence-corrected chi connectivity index (χ0v) is 15.0. The number of nitrogen functional groups attached to an aromatic ring is 2. The number of hydrogen-bond donors (Lipinski definition) is 2. The van der Waals surface area contributed by atoms with Crippen molar-refractivity contribution >= 4 is 17.1 Å². The first-order valence-electron chi connectivity index (χ1n) is 8.51. The van der Waals surface area contributed by atoms with E-state index in [1.165, 1.54) is 7.11 Å². The van der Waals surface area contributed by atoms with Crippen molar-refractivity contribution in [3.63, 3.8) is 0 Å². The first-order valence-corrected chi connectivity index (χ1v) is 8.51. The fourth-order valence-electron chi connectivity index (χ4n) is 3.25. The van der Waals surface area contributed by atoms with E-state index in [9.17, 15) is 10.1 Å². The van der Waals surface area contributed by atoms with Crippen LogP contribution in [0.3, 0.4) is 0 Å². The van der Waals surface area contributed by atoms with Gasteiger partial charge in [-0.2, -0.15) is 0 Å². The lowest BCUT2D eigenvalue weighted by Crippen LogP contribution is -2.11. The van der Waals surface area contributed by atoms with E-state index in [4.69, 9.17) is 16.2 Å². The molecule has 0 atom stereocenters. The molecule has 6 heteroatoms. The second-order valence-electron chi connectivity index (χ2n) is 6.25. The van der Waals surface area contributed by atoms with Crippen molar-refractivity contribution in [2.45, 2.75) is 12.8 Å². The van der Waals surface area contributed by atoms with Crippen LogP contribution < -0.4 is 16.2 Å². The number of ether oxygens (including phenoxy) is 1. The number of rotatable bonds is 6. The maximum atomic E-state index is 11.8. The molecule has 0 unspecified atom stereocenters. The fraction of sp³-hybridized carbons (Fsp3) is 0.143. The van der Waals surface area contributed by atoms with Crippen molar-refractivity contribution in [1.82, 2.24) is 0 Å². The summed E-state index contributed by atoms with van der Waals surface area (Å²) in [6, 6.07) is 19.0. The van der Waals surface area contributed by atoms with E-state index in [-0.39, 0.29) is 11.4 Å². The molecule has 0 amide bonds. The Balaban J connectivity index is 2.18. The van der Waals surface area contributed by atoms with Gasteiger partial charge in [-0.3, -0.25) is 10.1 Å². The molecule has 0 spiro atoms. The molecule has 0 aromatic heterocycles. The quantitative estimate of drug-likeness (QED) is 0.392. The van der Waals surface area contributed by atoms with Crippen LogP contribution in [-0.4, -0.2) is 12.0 Å². The average molecular weight is 363 g/mol. The molecule has 0 aliphatic heterocycles. The average Bonchev–Trinajstić information content (AvgIpc) is 2.67. The molecule has 0 aliphatic rings. The molecule has 0 aliphatic carbocycles. The largest absolute Gasteiger partial charge is 0.494 e. The van der Waals surface area contributed by atoms with Gasteiger partial charge in [0, 0.05) is 18.4 Å². The molecule has 4 N–H and O–H groups in total. The summed E-state index contributed by atoms with van der Waals surface area (Å²) < 4.78 is 5.49. The van der Waals surface area contributed by atoms with Crippen molar-refractivity contribution in [2.24, 2.45) is 0 Å². The van der Waals surface area contributed by atoms with Crippen molar-refractivity contribution < 1.29 is 9.66 Å². The summed E-state index contributed by atoms with van der Waals surface area (Å²) >= 11 is 0. The Kier molecular flexibility index (Phi) is 5.26. The Bertz CT molecular complexity index is 958. The van der Waals surface area contributed by atoms with Crippen LogP contribution in [0.25, 0.3) is 0 Å². The number of methoxy groups -OCH3 is 1. The van der Waals surface area contributed by atoms with Gasteiger partial charge in [-0.1, -0.05) is 60.7 Å². The minimum atomic E-state index is -0.454. The summed E-state index contributed by atoms with van der Waals surface area (Å²) in [4.78, 5) is 11.4. The van der Waals surface area contributed by atoms with Gasteiger partial charge in [-0.25, -0.2) is 0 Å². The van der Waals surface area contributed by atoms with Gasteiger partial charge in [0.2, 0.25) is 0 Å². The van der Waals surface area contributed by atoms with Crippen LogP contribution in [0.1, 0.15) is 22.3 Å². The standard InChI is InChI=1S/C21H21N3O3/c1-27-21-17(13-15-10-6-3-7-11-15)20(24(25)26)18(22)16(19(21)23)12-14-8-4-2-5-9-14/h2-11H,12-13,22-23H2,1H3. The second-order valence-corrected chi connectivity index (χ2v) is 6.25. The lowest BCUT2D eigenvalue weighted by atomic mass is 9.93. The molecular formula is C21H21N3O3. The molecule has 0 bridgehead atoms. The van der Waals surface area contributed by atoms with Gasteiger partial charge in [-0.05, 0) is 11.1 Å². The highest BCUT2D eigenvalue weighted by Crippen LogP contribution is 2.44. The summed E-state index contributed by atoms with van der Waals surface area (Å²) in [6.45, 7) is 0. The van der Waals surface area contributed by atoms with E-state index in [1.807, 2.05) is 60.7 Å². The minimum Gasteiger partial charge on any atom is -0.494 e. The normalized spacial score (nSPS) is 10.6. The van der Waals surface area contributed by atoms with Gasteiger partial charge in [0.25, 0.3) is 5.69 Å². The zero-order valence-electron chi connectivity index (χ0n) is 15.0. The number of nitro groups is 1. The number of hydrogen-bond acceptors (Lipinski definition) is 5. The summed E-state index contributed by atoms with van der Waals surface area (Å²) in [5, 5.41) is 11.8. The Morgan fingerprint density at radius 3 is 1.78 bits per heavy atom. The Morgan fingerprint density at radius 2 is 1.33 bits per heavy atom. The van der Waals surface area contributed by atoms with E-state index < -0.39 is 4.92 Å². The lowest BCUT2D eigenvalue weighted by molar-refractivity contribution is -0.384. The van der Waals surface area contributed by atoms with Crippen molar-refractivity contribution in [1.29, 1.82) is 0 Å². The highest BCUT2D eigenvalue weighted by atomic mass is 16.6. The van der Waals surface area contributed by atoms with Crippen molar-refractivity contribution in [2.75, 3.05) is 18.6 Å². The second kappa shape index (κ2) is 7.78. The molecule has 27 heavy (non-hydrogen) atoms. The van der Waals surface area contributed by atoms with Gasteiger partial charge in [-0.15, -0.1) is 0 Å². The maximum Gasteiger partial charge on any atom is 0.299 e. The number of anilines is 2. The maximum absolute atomic E-state index is 11.8. The Morgan fingerprint density at radius 1 is 0.852 bits per heavy atom. The fourth-order valence-corrected chi connectivity index (χ4v) is 3.25. The van der Waals surface area contributed by atoms with Crippen LogP contribution in [0, 0.1) is 10.1 Å². The minimum absolute atomic E-state index is 0.0908.